The van der Waals surface area contributed by atoms with Crippen molar-refractivity contribution in [2.24, 2.45) is 0 Å². The summed E-state index contributed by atoms with van der Waals surface area (Å²) >= 11 is 7.71. The standard InChI is InChI=1S/C21H12ClNO2S2/c22-13-10-11-17-16(12-13)20(27(24,25)14-6-2-1-3-7-14)19-15-8-4-5-9-18(15)26-21(19)23-17/h1-12H. The van der Waals surface area contributed by atoms with E-state index >= 15 is 0 Å². The number of pyridine rings is 1. The molecule has 0 radical (unpaired) electrons. The summed E-state index contributed by atoms with van der Waals surface area (Å²) < 4.78 is 28.3. The van der Waals surface area contributed by atoms with E-state index in [1.54, 1.807) is 48.5 Å². The predicted octanol–water partition coefficient (Wildman–Crippen LogP) is 6.09. The van der Waals surface area contributed by atoms with E-state index in [-0.39, 0.29) is 9.79 Å². The van der Waals surface area contributed by atoms with Crippen LogP contribution >= 0.6 is 22.9 Å². The highest BCUT2D eigenvalue weighted by molar-refractivity contribution is 7.92. The third kappa shape index (κ3) is 2.54. The van der Waals surface area contributed by atoms with Gasteiger partial charge in [0.1, 0.15) is 4.83 Å². The van der Waals surface area contributed by atoms with Crippen molar-refractivity contribution in [2.75, 3.05) is 0 Å². The number of halogens is 1. The zero-order chi connectivity index (χ0) is 18.6. The van der Waals surface area contributed by atoms with E-state index in [4.69, 9.17) is 16.6 Å². The van der Waals surface area contributed by atoms with Gasteiger partial charge in [-0.1, -0.05) is 48.0 Å². The predicted molar refractivity (Wildman–Crippen MR) is 112 cm³/mol. The van der Waals surface area contributed by atoms with Crippen LogP contribution in [0.3, 0.4) is 0 Å². The number of hydrogen-bond acceptors (Lipinski definition) is 4. The molecule has 5 aromatic rings. The van der Waals surface area contributed by atoms with E-state index in [0.29, 0.717) is 26.1 Å². The second-order valence-corrected chi connectivity index (χ2v) is 9.55. The zero-order valence-electron chi connectivity index (χ0n) is 13.9. The lowest BCUT2D eigenvalue weighted by Crippen LogP contribution is -2.04. The van der Waals surface area contributed by atoms with E-state index < -0.39 is 9.84 Å². The van der Waals surface area contributed by atoms with Crippen LogP contribution in [0.25, 0.3) is 31.2 Å². The van der Waals surface area contributed by atoms with Gasteiger partial charge in [0.05, 0.1) is 15.3 Å². The van der Waals surface area contributed by atoms with Crippen LogP contribution in [-0.2, 0) is 9.84 Å². The van der Waals surface area contributed by atoms with Crippen LogP contribution in [0.1, 0.15) is 0 Å². The SMILES string of the molecule is O=S(=O)(c1ccccc1)c1c2cc(Cl)ccc2nc2sc3ccccc3c12. The maximum absolute atomic E-state index is 13.6. The molecule has 132 valence electrons. The summed E-state index contributed by atoms with van der Waals surface area (Å²) in [5, 5.41) is 2.57. The molecule has 0 N–H and O–H groups in total. The minimum Gasteiger partial charge on any atom is -0.237 e. The highest BCUT2D eigenvalue weighted by atomic mass is 35.5. The highest BCUT2D eigenvalue weighted by Gasteiger charge is 2.26. The van der Waals surface area contributed by atoms with Crippen LogP contribution in [0.2, 0.25) is 5.02 Å². The fourth-order valence-corrected chi connectivity index (χ4v) is 6.37. The third-order valence-corrected chi connectivity index (χ3v) is 7.71. The number of hydrogen-bond donors (Lipinski definition) is 0. The fraction of sp³-hybridized carbons (Fsp3) is 0. The number of sulfone groups is 1. The van der Waals surface area contributed by atoms with Gasteiger partial charge in [-0.2, -0.15) is 0 Å². The first-order valence-electron chi connectivity index (χ1n) is 8.26. The first kappa shape index (κ1) is 16.7. The lowest BCUT2D eigenvalue weighted by molar-refractivity contribution is 0.598. The average molecular weight is 410 g/mol. The van der Waals surface area contributed by atoms with Crippen molar-refractivity contribution in [2.45, 2.75) is 9.79 Å². The fourth-order valence-electron chi connectivity index (χ4n) is 3.36. The summed E-state index contributed by atoms with van der Waals surface area (Å²) in [6, 6.07) is 21.5. The van der Waals surface area contributed by atoms with Crippen LogP contribution < -0.4 is 0 Å². The van der Waals surface area contributed by atoms with Crippen molar-refractivity contribution in [1.29, 1.82) is 0 Å². The second-order valence-electron chi connectivity index (χ2n) is 6.20. The van der Waals surface area contributed by atoms with Crippen molar-refractivity contribution in [1.82, 2.24) is 4.98 Å². The molecule has 5 rings (SSSR count). The van der Waals surface area contributed by atoms with Crippen LogP contribution in [0.4, 0.5) is 0 Å². The Labute approximate surface area is 164 Å². The Kier molecular flexibility index (Phi) is 3.72. The van der Waals surface area contributed by atoms with Gasteiger partial charge in [-0.25, -0.2) is 13.4 Å². The Hall–Kier alpha value is -2.47. The van der Waals surface area contributed by atoms with Gasteiger partial charge in [-0.05, 0) is 36.4 Å². The smallest absolute Gasteiger partial charge is 0.207 e. The van der Waals surface area contributed by atoms with Gasteiger partial charge in [-0.15, -0.1) is 11.3 Å². The van der Waals surface area contributed by atoms with Crippen molar-refractivity contribution in [3.05, 3.63) is 77.8 Å². The molecule has 2 heterocycles. The molecule has 2 aromatic heterocycles. The Morgan fingerprint density at radius 1 is 0.852 bits per heavy atom. The second kappa shape index (κ2) is 6.02. The molecule has 0 unspecified atom stereocenters. The van der Waals surface area contributed by atoms with Gasteiger partial charge >= 0.3 is 0 Å². The monoisotopic (exact) mass is 409 g/mol. The molecule has 27 heavy (non-hydrogen) atoms. The van der Waals surface area contributed by atoms with Crippen LogP contribution in [0.15, 0.2) is 82.6 Å². The molecule has 0 spiro atoms. The minimum absolute atomic E-state index is 0.258. The van der Waals surface area contributed by atoms with Gasteiger partial charge in [0.25, 0.3) is 0 Å². The molecule has 0 bridgehead atoms. The molecule has 0 atom stereocenters. The molecule has 0 fully saturated rings. The van der Waals surface area contributed by atoms with Crippen LogP contribution in [0.5, 0.6) is 0 Å². The number of aromatic nitrogens is 1. The van der Waals surface area contributed by atoms with E-state index in [0.717, 1.165) is 10.1 Å². The quantitative estimate of drug-likeness (QED) is 0.354. The topological polar surface area (TPSA) is 47.0 Å². The molecular formula is C21H12ClNO2S2. The van der Waals surface area contributed by atoms with Crippen LogP contribution in [0, 0.1) is 0 Å². The molecular weight excluding hydrogens is 398 g/mol. The van der Waals surface area contributed by atoms with Crippen LogP contribution in [-0.4, -0.2) is 13.4 Å². The minimum atomic E-state index is -3.76. The normalized spacial score (nSPS) is 12.2. The number of nitrogens with zero attached hydrogens (tertiary/aromatic N) is 1. The van der Waals surface area contributed by atoms with Gasteiger partial charge in [0, 0.05) is 25.9 Å². The third-order valence-electron chi connectivity index (χ3n) is 4.55. The Morgan fingerprint density at radius 3 is 2.41 bits per heavy atom. The summed E-state index contributed by atoms with van der Waals surface area (Å²) in [5.41, 5.74) is 0.618. The average Bonchev–Trinajstić information content (AvgIpc) is 3.04. The molecule has 0 aliphatic heterocycles. The Morgan fingerprint density at radius 2 is 1.59 bits per heavy atom. The molecule has 0 aliphatic carbocycles. The first-order valence-corrected chi connectivity index (χ1v) is 10.9. The van der Waals surface area contributed by atoms with E-state index in [1.807, 2.05) is 24.3 Å². The number of rotatable bonds is 2. The number of thiophene rings is 1. The van der Waals surface area contributed by atoms with E-state index in [1.165, 1.54) is 11.3 Å². The molecule has 6 heteroatoms. The molecule has 3 aromatic carbocycles. The van der Waals surface area contributed by atoms with Gasteiger partial charge in [-0.3, -0.25) is 0 Å². The summed E-state index contributed by atoms with van der Waals surface area (Å²) in [6.07, 6.45) is 0. The van der Waals surface area contributed by atoms with Crippen molar-refractivity contribution >= 4 is 64.0 Å². The molecule has 0 saturated heterocycles. The number of benzene rings is 3. The van der Waals surface area contributed by atoms with Crippen molar-refractivity contribution < 1.29 is 8.42 Å². The molecule has 0 saturated carbocycles. The molecule has 3 nitrogen and oxygen atoms in total. The summed E-state index contributed by atoms with van der Waals surface area (Å²) in [4.78, 5) is 5.96. The van der Waals surface area contributed by atoms with E-state index in [2.05, 4.69) is 0 Å². The van der Waals surface area contributed by atoms with Gasteiger partial charge in [0.15, 0.2) is 0 Å². The maximum atomic E-state index is 13.6. The summed E-state index contributed by atoms with van der Waals surface area (Å²) in [7, 11) is -3.76. The largest absolute Gasteiger partial charge is 0.237 e. The molecule has 0 amide bonds. The molecule has 0 aliphatic rings. The van der Waals surface area contributed by atoms with E-state index in [9.17, 15) is 8.42 Å². The highest BCUT2D eigenvalue weighted by Crippen LogP contribution is 2.42. The zero-order valence-corrected chi connectivity index (χ0v) is 16.3. The first-order chi connectivity index (χ1) is 13.1. The lowest BCUT2D eigenvalue weighted by atomic mass is 10.1. The summed E-state index contributed by atoms with van der Waals surface area (Å²) in [5.74, 6) is 0. The Bertz CT molecular complexity index is 1440. The van der Waals surface area contributed by atoms with Gasteiger partial charge < -0.3 is 0 Å². The summed E-state index contributed by atoms with van der Waals surface area (Å²) in [6.45, 7) is 0. The Balaban J connectivity index is 2.05. The van der Waals surface area contributed by atoms with Gasteiger partial charge in [0.2, 0.25) is 9.84 Å². The lowest BCUT2D eigenvalue weighted by Gasteiger charge is -2.11. The van der Waals surface area contributed by atoms with Crippen molar-refractivity contribution in [3.63, 3.8) is 0 Å². The number of fused-ring (bicyclic) bond motifs is 4. The van der Waals surface area contributed by atoms with Crippen molar-refractivity contribution in [3.8, 4) is 0 Å². The maximum Gasteiger partial charge on any atom is 0.207 e.